The van der Waals surface area contributed by atoms with Crippen molar-refractivity contribution in [2.75, 3.05) is 13.2 Å². The average Bonchev–Trinajstić information content (AvgIpc) is 2.86. The van der Waals surface area contributed by atoms with Crippen molar-refractivity contribution in [2.24, 2.45) is 0 Å². The molecule has 5 heteroatoms. The Morgan fingerprint density at radius 1 is 1.50 bits per heavy atom. The molecule has 0 amide bonds. The average molecular weight is 225 g/mol. The van der Waals surface area contributed by atoms with Crippen molar-refractivity contribution in [1.29, 1.82) is 0 Å². The highest BCUT2D eigenvalue weighted by Gasteiger charge is 2.30. The van der Waals surface area contributed by atoms with Crippen LogP contribution in [-0.4, -0.2) is 29.5 Å². The third-order valence-electron chi connectivity index (χ3n) is 3.03. The first-order valence-corrected chi connectivity index (χ1v) is 5.90. The lowest BCUT2D eigenvalue weighted by Gasteiger charge is -2.09. The van der Waals surface area contributed by atoms with E-state index in [1.165, 1.54) is 0 Å². The van der Waals surface area contributed by atoms with Crippen LogP contribution in [0, 0.1) is 0 Å². The number of hydrogen-bond acceptors (Lipinski definition) is 5. The number of nitrogens with zero attached hydrogens (tertiary/aromatic N) is 2. The molecule has 0 aliphatic carbocycles. The zero-order valence-corrected chi connectivity index (χ0v) is 10.1. The van der Waals surface area contributed by atoms with Crippen molar-refractivity contribution < 1.29 is 9.15 Å². The van der Waals surface area contributed by atoms with Gasteiger partial charge >= 0.3 is 0 Å². The van der Waals surface area contributed by atoms with Crippen molar-refractivity contribution >= 4 is 0 Å². The normalized spacial score (nSPS) is 27.2. The van der Waals surface area contributed by atoms with Gasteiger partial charge in [-0.3, -0.25) is 0 Å². The molecular formula is C11H19N3O2. The molecule has 1 aliphatic heterocycles. The maximum atomic E-state index is 5.69. The van der Waals surface area contributed by atoms with E-state index in [0.29, 0.717) is 11.8 Å². The number of rotatable bonds is 4. The lowest BCUT2D eigenvalue weighted by molar-refractivity contribution is 0.114. The van der Waals surface area contributed by atoms with Crippen molar-refractivity contribution in [3.05, 3.63) is 11.8 Å². The summed E-state index contributed by atoms with van der Waals surface area (Å²) in [6.07, 6.45) is 1.15. The van der Waals surface area contributed by atoms with E-state index < -0.39 is 0 Å². The fourth-order valence-corrected chi connectivity index (χ4v) is 2.02. The minimum absolute atomic E-state index is 0.115. The van der Waals surface area contributed by atoms with Crippen LogP contribution in [0.25, 0.3) is 0 Å². The second kappa shape index (κ2) is 4.93. The predicted molar refractivity (Wildman–Crippen MR) is 59.2 cm³/mol. The van der Waals surface area contributed by atoms with Crippen molar-refractivity contribution in [3.8, 4) is 0 Å². The molecule has 1 aromatic rings. The lowest BCUT2D eigenvalue weighted by atomic mass is 10.0. The molecule has 3 atom stereocenters. The van der Waals surface area contributed by atoms with Crippen LogP contribution in [-0.2, 0) is 4.74 Å². The van der Waals surface area contributed by atoms with Crippen LogP contribution >= 0.6 is 0 Å². The minimum Gasteiger partial charge on any atom is -0.423 e. The van der Waals surface area contributed by atoms with Crippen LogP contribution in [0.15, 0.2) is 4.42 Å². The first-order chi connectivity index (χ1) is 7.72. The third-order valence-corrected chi connectivity index (χ3v) is 3.03. The van der Waals surface area contributed by atoms with Gasteiger partial charge in [0.15, 0.2) is 0 Å². The molecule has 1 aromatic heterocycles. The molecule has 5 nitrogen and oxygen atoms in total. The minimum atomic E-state index is 0.115. The number of ether oxygens (including phenoxy) is 1. The summed E-state index contributed by atoms with van der Waals surface area (Å²) in [6.45, 7) is 7.80. The molecule has 0 saturated carbocycles. The maximum Gasteiger partial charge on any atom is 0.233 e. The summed E-state index contributed by atoms with van der Waals surface area (Å²) in [6, 6.07) is 0.115. The first-order valence-electron chi connectivity index (χ1n) is 5.90. The van der Waals surface area contributed by atoms with Gasteiger partial charge in [-0.1, -0.05) is 6.92 Å². The van der Waals surface area contributed by atoms with Crippen molar-refractivity contribution in [2.45, 2.75) is 45.3 Å². The third kappa shape index (κ3) is 2.25. The number of nitrogens with one attached hydrogen (secondary N) is 1. The van der Waals surface area contributed by atoms with E-state index in [1.54, 1.807) is 0 Å². The van der Waals surface area contributed by atoms with Gasteiger partial charge in [-0.05, 0) is 26.8 Å². The molecule has 0 bridgehead atoms. The van der Waals surface area contributed by atoms with Gasteiger partial charge in [-0.25, -0.2) is 0 Å². The molecule has 1 fully saturated rings. The van der Waals surface area contributed by atoms with Gasteiger partial charge in [0.05, 0.1) is 18.1 Å². The van der Waals surface area contributed by atoms with Gasteiger partial charge in [0, 0.05) is 6.61 Å². The molecule has 2 rings (SSSR count). The van der Waals surface area contributed by atoms with E-state index >= 15 is 0 Å². The second-order valence-corrected chi connectivity index (χ2v) is 4.23. The Bertz CT molecular complexity index is 340. The van der Waals surface area contributed by atoms with Gasteiger partial charge in [0.1, 0.15) is 0 Å². The summed E-state index contributed by atoms with van der Waals surface area (Å²) in [5, 5.41) is 11.4. The Hall–Kier alpha value is -0.940. The van der Waals surface area contributed by atoms with Crippen molar-refractivity contribution in [3.63, 3.8) is 0 Å². The standard InChI is InChI=1S/C11H19N3O2/c1-4-12-7(2)10-13-14-11(16-10)9-5-6-15-8(9)3/h7-9,12H,4-6H2,1-3H3. The van der Waals surface area contributed by atoms with E-state index in [4.69, 9.17) is 9.15 Å². The van der Waals surface area contributed by atoms with Crippen LogP contribution in [0.3, 0.4) is 0 Å². The van der Waals surface area contributed by atoms with Crippen LogP contribution in [0.2, 0.25) is 0 Å². The van der Waals surface area contributed by atoms with Crippen LogP contribution < -0.4 is 5.32 Å². The van der Waals surface area contributed by atoms with E-state index in [-0.39, 0.29) is 18.1 Å². The molecule has 1 aliphatic rings. The SMILES string of the molecule is CCNC(C)c1nnc(C2CCOC2C)o1. The molecule has 0 aromatic carbocycles. The lowest BCUT2D eigenvalue weighted by Crippen LogP contribution is -2.17. The predicted octanol–water partition coefficient (Wildman–Crippen LogP) is 1.63. The topological polar surface area (TPSA) is 60.2 Å². The molecule has 2 heterocycles. The Balaban J connectivity index is 2.06. The van der Waals surface area contributed by atoms with Gasteiger partial charge in [-0.15, -0.1) is 10.2 Å². The Labute approximate surface area is 95.6 Å². The fraction of sp³-hybridized carbons (Fsp3) is 0.818. The smallest absolute Gasteiger partial charge is 0.233 e. The molecule has 90 valence electrons. The van der Waals surface area contributed by atoms with E-state index in [0.717, 1.165) is 19.6 Å². The summed E-state index contributed by atoms with van der Waals surface area (Å²) in [7, 11) is 0. The highest BCUT2D eigenvalue weighted by Crippen LogP contribution is 2.30. The van der Waals surface area contributed by atoms with Gasteiger partial charge in [-0.2, -0.15) is 0 Å². The van der Waals surface area contributed by atoms with Gasteiger partial charge in [0.2, 0.25) is 11.8 Å². The summed E-state index contributed by atoms with van der Waals surface area (Å²) in [4.78, 5) is 0. The summed E-state index contributed by atoms with van der Waals surface area (Å²) < 4.78 is 11.2. The summed E-state index contributed by atoms with van der Waals surface area (Å²) in [5.41, 5.74) is 0. The summed E-state index contributed by atoms with van der Waals surface area (Å²) >= 11 is 0. The molecule has 0 radical (unpaired) electrons. The summed E-state index contributed by atoms with van der Waals surface area (Å²) in [5.74, 6) is 1.63. The molecule has 3 unspecified atom stereocenters. The van der Waals surface area contributed by atoms with Crippen LogP contribution in [0.4, 0.5) is 0 Å². The first kappa shape index (κ1) is 11.5. The van der Waals surface area contributed by atoms with E-state index in [9.17, 15) is 0 Å². The Kier molecular flexibility index (Phi) is 3.56. The van der Waals surface area contributed by atoms with E-state index in [2.05, 4.69) is 29.4 Å². The highest BCUT2D eigenvalue weighted by molar-refractivity contribution is 4.98. The maximum absolute atomic E-state index is 5.69. The fourth-order valence-electron chi connectivity index (χ4n) is 2.02. The van der Waals surface area contributed by atoms with E-state index in [1.807, 2.05) is 6.92 Å². The quantitative estimate of drug-likeness (QED) is 0.844. The molecule has 1 N–H and O–H groups in total. The Morgan fingerprint density at radius 2 is 2.31 bits per heavy atom. The number of hydrogen-bond donors (Lipinski definition) is 1. The number of aromatic nitrogens is 2. The molecule has 1 saturated heterocycles. The Morgan fingerprint density at radius 3 is 2.94 bits per heavy atom. The highest BCUT2D eigenvalue weighted by atomic mass is 16.5. The van der Waals surface area contributed by atoms with Crippen LogP contribution in [0.1, 0.15) is 50.9 Å². The monoisotopic (exact) mass is 225 g/mol. The molecule has 0 spiro atoms. The van der Waals surface area contributed by atoms with Gasteiger partial charge < -0.3 is 14.5 Å². The zero-order chi connectivity index (χ0) is 11.5. The second-order valence-electron chi connectivity index (χ2n) is 4.23. The largest absolute Gasteiger partial charge is 0.423 e. The van der Waals surface area contributed by atoms with Crippen LogP contribution in [0.5, 0.6) is 0 Å². The zero-order valence-electron chi connectivity index (χ0n) is 10.1. The molecular weight excluding hydrogens is 206 g/mol. The molecule has 16 heavy (non-hydrogen) atoms. The van der Waals surface area contributed by atoms with Gasteiger partial charge in [0.25, 0.3) is 0 Å². The van der Waals surface area contributed by atoms with Crippen molar-refractivity contribution in [1.82, 2.24) is 15.5 Å².